The SMILES string of the molecule is CCNC(=O)C(C)N(Cc1ccc(OC)cc1)C(=O)CN(c1cccc(Cl)c1)S(=O)(=O)c1ccc(C)cc1. The summed E-state index contributed by atoms with van der Waals surface area (Å²) in [6.07, 6.45) is 0. The van der Waals surface area contributed by atoms with E-state index in [-0.39, 0.29) is 23.0 Å². The van der Waals surface area contributed by atoms with Crippen LogP contribution in [0.4, 0.5) is 5.69 Å². The number of nitrogens with zero attached hydrogens (tertiary/aromatic N) is 2. The molecule has 38 heavy (non-hydrogen) atoms. The van der Waals surface area contributed by atoms with E-state index in [2.05, 4.69) is 5.32 Å². The van der Waals surface area contributed by atoms with Gasteiger partial charge in [-0.3, -0.25) is 13.9 Å². The van der Waals surface area contributed by atoms with Crippen LogP contribution in [-0.4, -0.2) is 51.4 Å². The molecule has 1 unspecified atom stereocenters. The molecule has 1 N–H and O–H groups in total. The van der Waals surface area contributed by atoms with Gasteiger partial charge in [-0.15, -0.1) is 0 Å². The number of benzene rings is 3. The maximum absolute atomic E-state index is 13.8. The van der Waals surface area contributed by atoms with Crippen LogP contribution in [-0.2, 0) is 26.2 Å². The van der Waals surface area contributed by atoms with Gasteiger partial charge < -0.3 is 15.0 Å². The quantitative estimate of drug-likeness (QED) is 0.377. The minimum absolute atomic E-state index is 0.0364. The molecule has 8 nitrogen and oxygen atoms in total. The van der Waals surface area contributed by atoms with E-state index in [4.69, 9.17) is 16.3 Å². The molecule has 0 heterocycles. The Hall–Kier alpha value is -3.56. The lowest BCUT2D eigenvalue weighted by Gasteiger charge is -2.32. The molecule has 0 spiro atoms. The molecule has 0 fully saturated rings. The van der Waals surface area contributed by atoms with Crippen molar-refractivity contribution in [3.05, 3.63) is 88.9 Å². The smallest absolute Gasteiger partial charge is 0.264 e. The number of likely N-dealkylation sites (N-methyl/N-ethyl adjacent to an activating group) is 1. The molecule has 3 rings (SSSR count). The van der Waals surface area contributed by atoms with E-state index in [9.17, 15) is 18.0 Å². The number of carbonyl (C=O) groups excluding carboxylic acids is 2. The summed E-state index contributed by atoms with van der Waals surface area (Å²) in [5.41, 5.74) is 1.89. The average molecular weight is 558 g/mol. The predicted octanol–water partition coefficient (Wildman–Crippen LogP) is 4.41. The largest absolute Gasteiger partial charge is 0.497 e. The topological polar surface area (TPSA) is 96.0 Å². The van der Waals surface area contributed by atoms with Crippen LogP contribution in [0.3, 0.4) is 0 Å². The Morgan fingerprint density at radius 3 is 2.26 bits per heavy atom. The highest BCUT2D eigenvalue weighted by atomic mass is 35.5. The molecule has 0 aliphatic carbocycles. The number of nitrogens with one attached hydrogen (secondary N) is 1. The first-order valence-corrected chi connectivity index (χ1v) is 13.9. The number of rotatable bonds is 11. The Morgan fingerprint density at radius 1 is 1.03 bits per heavy atom. The van der Waals surface area contributed by atoms with Crippen molar-refractivity contribution < 1.29 is 22.7 Å². The number of aryl methyl sites for hydroxylation is 1. The average Bonchev–Trinajstić information content (AvgIpc) is 2.90. The lowest BCUT2D eigenvalue weighted by Crippen LogP contribution is -2.51. The van der Waals surface area contributed by atoms with Crippen molar-refractivity contribution in [2.75, 3.05) is 24.5 Å². The highest BCUT2D eigenvalue weighted by Gasteiger charge is 2.32. The van der Waals surface area contributed by atoms with Gasteiger partial charge in [0.15, 0.2) is 0 Å². The van der Waals surface area contributed by atoms with Crippen LogP contribution in [0.5, 0.6) is 5.75 Å². The zero-order valence-electron chi connectivity index (χ0n) is 21.8. The monoisotopic (exact) mass is 557 g/mol. The van der Waals surface area contributed by atoms with Crippen LogP contribution >= 0.6 is 11.6 Å². The highest BCUT2D eigenvalue weighted by molar-refractivity contribution is 7.92. The Kier molecular flexibility index (Phi) is 9.77. The molecule has 0 radical (unpaired) electrons. The number of hydrogen-bond donors (Lipinski definition) is 1. The van der Waals surface area contributed by atoms with Crippen LogP contribution in [0.1, 0.15) is 25.0 Å². The van der Waals surface area contributed by atoms with Gasteiger partial charge in [-0.05, 0) is 68.8 Å². The van der Waals surface area contributed by atoms with E-state index in [0.29, 0.717) is 17.3 Å². The van der Waals surface area contributed by atoms with Gasteiger partial charge in [0.25, 0.3) is 10.0 Å². The molecule has 0 aliphatic heterocycles. The zero-order valence-corrected chi connectivity index (χ0v) is 23.4. The first kappa shape index (κ1) is 29.0. The normalized spacial score (nSPS) is 11.9. The number of hydrogen-bond acceptors (Lipinski definition) is 5. The molecule has 1 atom stereocenters. The van der Waals surface area contributed by atoms with Crippen LogP contribution in [0.25, 0.3) is 0 Å². The molecule has 202 valence electrons. The number of ether oxygens (including phenoxy) is 1. The zero-order chi connectivity index (χ0) is 27.9. The third kappa shape index (κ3) is 7.05. The van der Waals surface area contributed by atoms with Crippen molar-refractivity contribution in [1.82, 2.24) is 10.2 Å². The number of methoxy groups -OCH3 is 1. The van der Waals surface area contributed by atoms with Crippen molar-refractivity contribution in [3.63, 3.8) is 0 Å². The van der Waals surface area contributed by atoms with Gasteiger partial charge in [-0.25, -0.2) is 8.42 Å². The molecule has 0 bridgehead atoms. The van der Waals surface area contributed by atoms with Gasteiger partial charge in [0.05, 0.1) is 17.7 Å². The van der Waals surface area contributed by atoms with Gasteiger partial charge in [-0.2, -0.15) is 0 Å². The van der Waals surface area contributed by atoms with Crippen molar-refractivity contribution in [2.24, 2.45) is 0 Å². The van der Waals surface area contributed by atoms with E-state index in [1.165, 1.54) is 23.1 Å². The van der Waals surface area contributed by atoms with Gasteiger partial charge in [-0.1, -0.05) is 47.5 Å². The predicted molar refractivity (Wildman–Crippen MR) is 149 cm³/mol. The molecule has 10 heteroatoms. The Balaban J connectivity index is 2.02. The fourth-order valence-electron chi connectivity index (χ4n) is 3.83. The van der Waals surface area contributed by atoms with Gasteiger partial charge in [0.1, 0.15) is 18.3 Å². The summed E-state index contributed by atoms with van der Waals surface area (Å²) in [6, 6.07) is 18.9. The maximum Gasteiger partial charge on any atom is 0.264 e. The number of sulfonamides is 1. The summed E-state index contributed by atoms with van der Waals surface area (Å²) in [4.78, 5) is 28.0. The third-order valence-corrected chi connectivity index (χ3v) is 8.04. The van der Waals surface area contributed by atoms with E-state index in [0.717, 1.165) is 15.4 Å². The Morgan fingerprint density at radius 2 is 1.68 bits per heavy atom. The Labute approximate surface area is 229 Å². The second-order valence-corrected chi connectivity index (χ2v) is 11.0. The summed E-state index contributed by atoms with van der Waals surface area (Å²) in [7, 11) is -2.59. The first-order valence-electron chi connectivity index (χ1n) is 12.1. The third-order valence-electron chi connectivity index (χ3n) is 6.01. The lowest BCUT2D eigenvalue weighted by molar-refractivity contribution is -0.139. The molecule has 0 saturated heterocycles. The van der Waals surface area contributed by atoms with E-state index in [1.807, 2.05) is 6.92 Å². The highest BCUT2D eigenvalue weighted by Crippen LogP contribution is 2.27. The second kappa shape index (κ2) is 12.8. The minimum atomic E-state index is -4.14. The number of carbonyl (C=O) groups is 2. The van der Waals surface area contributed by atoms with E-state index in [1.54, 1.807) is 75.6 Å². The van der Waals surface area contributed by atoms with Gasteiger partial charge in [0.2, 0.25) is 11.8 Å². The van der Waals surface area contributed by atoms with Crippen LogP contribution in [0.2, 0.25) is 5.02 Å². The van der Waals surface area contributed by atoms with E-state index >= 15 is 0 Å². The van der Waals surface area contributed by atoms with Crippen LogP contribution < -0.4 is 14.4 Å². The fraction of sp³-hybridized carbons (Fsp3) is 0.286. The summed E-state index contributed by atoms with van der Waals surface area (Å²) < 4.78 is 33.8. The lowest BCUT2D eigenvalue weighted by atomic mass is 10.1. The molecule has 0 aliphatic rings. The fourth-order valence-corrected chi connectivity index (χ4v) is 5.42. The van der Waals surface area contributed by atoms with Gasteiger partial charge >= 0.3 is 0 Å². The van der Waals surface area contributed by atoms with Crippen LogP contribution in [0.15, 0.2) is 77.7 Å². The summed E-state index contributed by atoms with van der Waals surface area (Å²) in [6.45, 7) is 5.21. The molecule has 3 aromatic carbocycles. The molecular weight excluding hydrogens is 526 g/mol. The molecule has 2 amide bonds. The molecule has 3 aromatic rings. The summed E-state index contributed by atoms with van der Waals surface area (Å²) in [5, 5.41) is 3.06. The minimum Gasteiger partial charge on any atom is -0.497 e. The Bertz CT molecular complexity index is 1360. The van der Waals surface area contributed by atoms with Gasteiger partial charge in [0, 0.05) is 18.1 Å². The number of anilines is 1. The number of amides is 2. The number of halogens is 1. The second-order valence-electron chi connectivity index (χ2n) is 8.74. The summed E-state index contributed by atoms with van der Waals surface area (Å²) >= 11 is 6.18. The van der Waals surface area contributed by atoms with E-state index < -0.39 is 28.5 Å². The summed E-state index contributed by atoms with van der Waals surface area (Å²) in [5.74, 6) is -0.236. The first-order chi connectivity index (χ1) is 18.1. The van der Waals surface area contributed by atoms with Crippen molar-refractivity contribution >= 4 is 39.1 Å². The van der Waals surface area contributed by atoms with Crippen LogP contribution in [0, 0.1) is 6.92 Å². The maximum atomic E-state index is 13.8. The molecular formula is C28H32ClN3O5S. The van der Waals surface area contributed by atoms with Crippen molar-refractivity contribution in [3.8, 4) is 5.75 Å². The van der Waals surface area contributed by atoms with Crippen molar-refractivity contribution in [2.45, 2.75) is 38.3 Å². The standard InChI is InChI=1S/C28H32ClN3O5S/c1-5-30-28(34)21(3)31(18-22-11-13-25(37-4)14-12-22)27(33)19-32(24-8-6-7-23(29)17-24)38(35,36)26-15-9-20(2)10-16-26/h6-17,21H,5,18-19H2,1-4H3,(H,30,34). The molecule has 0 saturated carbocycles. The van der Waals surface area contributed by atoms with Crippen molar-refractivity contribution in [1.29, 1.82) is 0 Å². The molecule has 0 aromatic heterocycles.